The van der Waals surface area contributed by atoms with Gasteiger partial charge >= 0.3 is 0 Å². The maximum absolute atomic E-state index is 12.9. The number of hydrogen-bond acceptors (Lipinski definition) is 4. The van der Waals surface area contributed by atoms with Crippen molar-refractivity contribution in [3.63, 3.8) is 0 Å². The van der Waals surface area contributed by atoms with Crippen LogP contribution in [0.1, 0.15) is 24.3 Å². The van der Waals surface area contributed by atoms with Crippen LogP contribution >= 0.6 is 0 Å². The Morgan fingerprint density at radius 1 is 1.17 bits per heavy atom. The standard InChI is InChI=1S/C16H23FN2O3S/c17-15-3-1-13(2-4-15)14-11-16(12-14)18-5-10-23(20,21)19-6-8-22-9-7-19/h1-4,14,16,18H,5-12H2. The van der Waals surface area contributed by atoms with Gasteiger partial charge in [0.05, 0.1) is 19.0 Å². The van der Waals surface area contributed by atoms with Gasteiger partial charge in [0.15, 0.2) is 0 Å². The highest BCUT2D eigenvalue weighted by atomic mass is 32.2. The molecule has 7 heteroatoms. The monoisotopic (exact) mass is 342 g/mol. The molecule has 0 radical (unpaired) electrons. The van der Waals surface area contributed by atoms with E-state index in [1.165, 1.54) is 16.4 Å². The van der Waals surface area contributed by atoms with E-state index in [-0.39, 0.29) is 11.6 Å². The van der Waals surface area contributed by atoms with Crippen LogP contribution < -0.4 is 5.32 Å². The Labute approximate surface area is 136 Å². The number of rotatable bonds is 6. The van der Waals surface area contributed by atoms with Gasteiger partial charge in [-0.15, -0.1) is 0 Å². The molecule has 2 fully saturated rings. The summed E-state index contributed by atoms with van der Waals surface area (Å²) >= 11 is 0. The van der Waals surface area contributed by atoms with Gasteiger partial charge in [-0.25, -0.2) is 12.8 Å². The van der Waals surface area contributed by atoms with Gasteiger partial charge in [-0.2, -0.15) is 4.31 Å². The Hall–Kier alpha value is -1.02. The molecule has 3 rings (SSSR count). The van der Waals surface area contributed by atoms with Crippen LogP contribution in [0.3, 0.4) is 0 Å². The molecule has 0 bridgehead atoms. The number of morpholine rings is 1. The molecule has 1 aromatic carbocycles. The van der Waals surface area contributed by atoms with Crippen molar-refractivity contribution in [2.24, 2.45) is 0 Å². The average molecular weight is 342 g/mol. The van der Waals surface area contributed by atoms with E-state index in [0.29, 0.717) is 44.8 Å². The average Bonchev–Trinajstić information content (AvgIpc) is 2.52. The Morgan fingerprint density at radius 2 is 1.83 bits per heavy atom. The van der Waals surface area contributed by atoms with Crippen LogP contribution in [-0.2, 0) is 14.8 Å². The first-order valence-electron chi connectivity index (χ1n) is 8.09. The van der Waals surface area contributed by atoms with Crippen molar-refractivity contribution in [3.05, 3.63) is 35.6 Å². The third-order valence-electron chi connectivity index (χ3n) is 4.64. The van der Waals surface area contributed by atoms with E-state index in [1.54, 1.807) is 0 Å². The fourth-order valence-electron chi connectivity index (χ4n) is 3.14. The van der Waals surface area contributed by atoms with Crippen LogP contribution in [0.25, 0.3) is 0 Å². The molecule has 2 aliphatic rings. The molecule has 1 saturated carbocycles. The van der Waals surface area contributed by atoms with Gasteiger partial charge in [0, 0.05) is 25.7 Å². The minimum Gasteiger partial charge on any atom is -0.379 e. The molecule has 0 aromatic heterocycles. The van der Waals surface area contributed by atoms with Crippen molar-refractivity contribution in [1.29, 1.82) is 0 Å². The number of sulfonamides is 1. The number of halogens is 1. The fraction of sp³-hybridized carbons (Fsp3) is 0.625. The van der Waals surface area contributed by atoms with Crippen LogP contribution in [0.15, 0.2) is 24.3 Å². The first kappa shape index (κ1) is 16.8. The lowest BCUT2D eigenvalue weighted by atomic mass is 9.76. The summed E-state index contributed by atoms with van der Waals surface area (Å²) in [5.74, 6) is 0.366. The van der Waals surface area contributed by atoms with Gasteiger partial charge in [0.1, 0.15) is 5.82 Å². The highest BCUT2D eigenvalue weighted by Crippen LogP contribution is 2.36. The number of nitrogens with one attached hydrogen (secondary N) is 1. The number of benzene rings is 1. The molecule has 0 unspecified atom stereocenters. The molecular formula is C16H23FN2O3S. The first-order chi connectivity index (χ1) is 11.0. The van der Waals surface area contributed by atoms with Crippen LogP contribution in [0.2, 0.25) is 0 Å². The Balaban J connectivity index is 1.38. The minimum absolute atomic E-state index is 0.130. The summed E-state index contributed by atoms with van der Waals surface area (Å²) in [6.45, 7) is 2.35. The largest absolute Gasteiger partial charge is 0.379 e. The number of ether oxygens (including phenoxy) is 1. The van der Waals surface area contributed by atoms with Crippen LogP contribution in [-0.4, -0.2) is 57.4 Å². The minimum atomic E-state index is -3.18. The van der Waals surface area contributed by atoms with Gasteiger partial charge in [0.25, 0.3) is 0 Å². The fourth-order valence-corrected chi connectivity index (χ4v) is 4.48. The molecule has 0 spiro atoms. The zero-order valence-electron chi connectivity index (χ0n) is 13.1. The van der Waals surface area contributed by atoms with E-state index in [9.17, 15) is 12.8 Å². The molecule has 5 nitrogen and oxygen atoms in total. The molecule has 1 aliphatic heterocycles. The van der Waals surface area contributed by atoms with Crippen molar-refractivity contribution < 1.29 is 17.5 Å². The lowest BCUT2D eigenvalue weighted by molar-refractivity contribution is 0.0730. The summed E-state index contributed by atoms with van der Waals surface area (Å²) in [4.78, 5) is 0. The Morgan fingerprint density at radius 3 is 2.48 bits per heavy atom. The quantitative estimate of drug-likeness (QED) is 0.847. The van der Waals surface area contributed by atoms with Gasteiger partial charge in [0.2, 0.25) is 10.0 Å². The SMILES string of the molecule is O=S(=O)(CCNC1CC(c2ccc(F)cc2)C1)N1CCOCC1. The summed E-state index contributed by atoms with van der Waals surface area (Å²) in [6, 6.07) is 7.00. The third kappa shape index (κ3) is 4.29. The van der Waals surface area contributed by atoms with Gasteiger partial charge < -0.3 is 10.1 Å². The van der Waals surface area contributed by atoms with E-state index < -0.39 is 10.0 Å². The summed E-state index contributed by atoms with van der Waals surface area (Å²) < 4.78 is 44.0. The molecule has 23 heavy (non-hydrogen) atoms. The van der Waals surface area contributed by atoms with Gasteiger partial charge in [-0.3, -0.25) is 0 Å². The van der Waals surface area contributed by atoms with E-state index in [1.807, 2.05) is 12.1 Å². The topological polar surface area (TPSA) is 58.6 Å². The second kappa shape index (κ2) is 7.25. The van der Waals surface area contributed by atoms with E-state index in [4.69, 9.17) is 4.74 Å². The first-order valence-corrected chi connectivity index (χ1v) is 9.70. The molecule has 0 atom stereocenters. The van der Waals surface area contributed by atoms with Crippen molar-refractivity contribution in [2.75, 3.05) is 38.6 Å². The molecule has 1 heterocycles. The predicted molar refractivity (Wildman–Crippen MR) is 86.3 cm³/mol. The van der Waals surface area contributed by atoms with Crippen molar-refractivity contribution >= 4 is 10.0 Å². The van der Waals surface area contributed by atoms with Crippen LogP contribution in [0, 0.1) is 5.82 Å². The molecule has 1 aromatic rings. The summed E-state index contributed by atoms with van der Waals surface area (Å²) in [6.07, 6.45) is 1.95. The van der Waals surface area contributed by atoms with Gasteiger partial charge in [-0.1, -0.05) is 12.1 Å². The van der Waals surface area contributed by atoms with Crippen molar-refractivity contribution in [3.8, 4) is 0 Å². The molecule has 128 valence electrons. The highest BCUT2D eigenvalue weighted by molar-refractivity contribution is 7.89. The number of hydrogen-bond donors (Lipinski definition) is 1. The lowest BCUT2D eigenvalue weighted by Crippen LogP contribution is -2.46. The maximum atomic E-state index is 12.9. The van der Waals surface area contributed by atoms with Gasteiger partial charge in [-0.05, 0) is 36.5 Å². The zero-order valence-corrected chi connectivity index (χ0v) is 13.9. The van der Waals surface area contributed by atoms with Crippen LogP contribution in [0.4, 0.5) is 4.39 Å². The lowest BCUT2D eigenvalue weighted by Gasteiger charge is -2.36. The Bertz CT molecular complexity index is 609. The second-order valence-corrected chi connectivity index (χ2v) is 8.29. The van der Waals surface area contributed by atoms with Crippen LogP contribution in [0.5, 0.6) is 0 Å². The zero-order chi connectivity index (χ0) is 16.3. The summed E-state index contributed by atoms with van der Waals surface area (Å²) in [7, 11) is -3.18. The predicted octanol–water partition coefficient (Wildman–Crippen LogP) is 1.32. The molecule has 1 aliphatic carbocycles. The van der Waals surface area contributed by atoms with Crippen molar-refractivity contribution in [2.45, 2.75) is 24.8 Å². The molecule has 0 amide bonds. The van der Waals surface area contributed by atoms with E-state index >= 15 is 0 Å². The highest BCUT2D eigenvalue weighted by Gasteiger charge is 2.30. The molecule has 1 N–H and O–H groups in total. The van der Waals surface area contributed by atoms with Crippen molar-refractivity contribution in [1.82, 2.24) is 9.62 Å². The Kier molecular flexibility index (Phi) is 5.31. The summed E-state index contributed by atoms with van der Waals surface area (Å²) in [5, 5.41) is 3.31. The third-order valence-corrected chi connectivity index (χ3v) is 6.51. The van der Waals surface area contributed by atoms with E-state index in [0.717, 1.165) is 18.4 Å². The smallest absolute Gasteiger partial charge is 0.215 e. The second-order valence-electron chi connectivity index (χ2n) is 6.20. The van der Waals surface area contributed by atoms with E-state index in [2.05, 4.69) is 5.32 Å². The normalized spacial score (nSPS) is 26.0. The maximum Gasteiger partial charge on any atom is 0.215 e. The number of nitrogens with zero attached hydrogens (tertiary/aromatic N) is 1. The summed E-state index contributed by atoms with van der Waals surface area (Å²) in [5.41, 5.74) is 1.16. The molecule has 1 saturated heterocycles. The molecular weight excluding hydrogens is 319 g/mol.